The summed E-state index contributed by atoms with van der Waals surface area (Å²) in [5, 5.41) is 4.22. The van der Waals surface area contributed by atoms with Crippen molar-refractivity contribution in [2.75, 3.05) is 5.32 Å². The van der Waals surface area contributed by atoms with E-state index >= 15 is 0 Å². The lowest BCUT2D eigenvalue weighted by Crippen LogP contribution is -2.26. The van der Waals surface area contributed by atoms with Gasteiger partial charge in [-0.2, -0.15) is 0 Å². The van der Waals surface area contributed by atoms with Gasteiger partial charge in [-0.3, -0.25) is 5.32 Å². The number of nitrogens with one attached hydrogen (secondary N) is 1. The van der Waals surface area contributed by atoms with Crippen LogP contribution in [0.3, 0.4) is 0 Å². The zero-order chi connectivity index (χ0) is 12.6. The minimum atomic E-state index is -0.482. The maximum Gasteiger partial charge on any atom is 0.412 e. The van der Waals surface area contributed by atoms with Crippen LogP contribution in [0.15, 0.2) is 6.07 Å². The average molecular weight is 274 g/mol. The molecular formula is C12H16ClNO2S. The van der Waals surface area contributed by atoms with Gasteiger partial charge < -0.3 is 4.74 Å². The molecule has 1 aromatic rings. The number of amides is 1. The molecule has 94 valence electrons. The van der Waals surface area contributed by atoms with Gasteiger partial charge in [0.15, 0.2) is 0 Å². The van der Waals surface area contributed by atoms with Gasteiger partial charge in [0.05, 0.1) is 10.0 Å². The van der Waals surface area contributed by atoms with Crippen molar-refractivity contribution in [2.24, 2.45) is 0 Å². The van der Waals surface area contributed by atoms with E-state index < -0.39 is 11.7 Å². The normalized spacial score (nSPS) is 15.8. The highest BCUT2D eigenvalue weighted by molar-refractivity contribution is 7.17. The highest BCUT2D eigenvalue weighted by Crippen LogP contribution is 2.48. The third-order valence-electron chi connectivity index (χ3n) is 2.29. The number of halogens is 1. The fourth-order valence-electron chi connectivity index (χ4n) is 1.47. The summed E-state index contributed by atoms with van der Waals surface area (Å²) < 4.78 is 5.18. The maximum atomic E-state index is 11.6. The number of ether oxygens (including phenoxy) is 1. The monoisotopic (exact) mass is 273 g/mol. The van der Waals surface area contributed by atoms with Crippen molar-refractivity contribution in [1.82, 2.24) is 0 Å². The van der Waals surface area contributed by atoms with Crippen LogP contribution in [-0.4, -0.2) is 11.7 Å². The Labute approximate surface area is 110 Å². The van der Waals surface area contributed by atoms with Gasteiger partial charge in [-0.15, -0.1) is 11.3 Å². The van der Waals surface area contributed by atoms with Crippen LogP contribution in [0.2, 0.25) is 5.02 Å². The Morgan fingerprint density at radius 2 is 2.18 bits per heavy atom. The van der Waals surface area contributed by atoms with Crippen molar-refractivity contribution < 1.29 is 9.53 Å². The van der Waals surface area contributed by atoms with Crippen LogP contribution in [0.5, 0.6) is 0 Å². The Morgan fingerprint density at radius 1 is 1.53 bits per heavy atom. The first-order valence-electron chi connectivity index (χ1n) is 5.64. The van der Waals surface area contributed by atoms with Gasteiger partial charge in [0.2, 0.25) is 0 Å². The molecule has 0 bridgehead atoms. The van der Waals surface area contributed by atoms with Crippen molar-refractivity contribution in [2.45, 2.75) is 45.1 Å². The summed E-state index contributed by atoms with van der Waals surface area (Å²) in [6.07, 6.45) is 1.97. The maximum absolute atomic E-state index is 11.6. The second-order valence-corrected chi connectivity index (χ2v) is 6.71. The van der Waals surface area contributed by atoms with Crippen molar-refractivity contribution >= 4 is 34.0 Å². The quantitative estimate of drug-likeness (QED) is 0.853. The van der Waals surface area contributed by atoms with E-state index in [1.807, 2.05) is 20.8 Å². The second-order valence-electron chi connectivity index (χ2n) is 5.22. The van der Waals surface area contributed by atoms with Gasteiger partial charge in [-0.05, 0) is 45.6 Å². The highest BCUT2D eigenvalue weighted by atomic mass is 35.5. The predicted octanol–water partition coefficient (Wildman–Crippen LogP) is 4.63. The van der Waals surface area contributed by atoms with Gasteiger partial charge in [0, 0.05) is 4.88 Å². The standard InChI is InChI=1S/C12H16ClNO2S/c1-12(2,3)16-11(15)14-9-6-8(13)10(17-9)7-4-5-7/h6-7H,4-5H2,1-3H3,(H,14,15). The van der Waals surface area contributed by atoms with Crippen molar-refractivity contribution in [3.63, 3.8) is 0 Å². The lowest BCUT2D eigenvalue weighted by molar-refractivity contribution is 0.0636. The molecule has 1 aromatic heterocycles. The summed E-state index contributed by atoms with van der Waals surface area (Å²) in [5.74, 6) is 0.599. The van der Waals surface area contributed by atoms with Crippen LogP contribution < -0.4 is 5.32 Å². The summed E-state index contributed by atoms with van der Waals surface area (Å²) in [6, 6.07) is 1.80. The molecule has 0 radical (unpaired) electrons. The number of hydrogen-bond donors (Lipinski definition) is 1. The van der Waals surface area contributed by atoms with E-state index in [0.29, 0.717) is 5.92 Å². The van der Waals surface area contributed by atoms with E-state index in [0.717, 1.165) is 10.0 Å². The fraction of sp³-hybridized carbons (Fsp3) is 0.583. The van der Waals surface area contributed by atoms with E-state index in [2.05, 4.69) is 5.32 Å². The van der Waals surface area contributed by atoms with E-state index in [4.69, 9.17) is 16.3 Å². The van der Waals surface area contributed by atoms with Gasteiger partial charge in [0.1, 0.15) is 5.60 Å². The largest absolute Gasteiger partial charge is 0.444 e. The predicted molar refractivity (Wildman–Crippen MR) is 71.2 cm³/mol. The van der Waals surface area contributed by atoms with Crippen molar-refractivity contribution in [3.8, 4) is 0 Å². The molecule has 1 aliphatic rings. The Morgan fingerprint density at radius 3 is 2.71 bits per heavy atom. The molecule has 5 heteroatoms. The van der Waals surface area contributed by atoms with Gasteiger partial charge in [0.25, 0.3) is 0 Å². The second kappa shape index (κ2) is 4.50. The topological polar surface area (TPSA) is 38.3 Å². The summed E-state index contributed by atoms with van der Waals surface area (Å²) in [6.45, 7) is 5.51. The minimum Gasteiger partial charge on any atom is -0.444 e. The fourth-order valence-corrected chi connectivity index (χ4v) is 3.02. The Hall–Kier alpha value is -0.740. The molecule has 17 heavy (non-hydrogen) atoms. The number of thiophene rings is 1. The lowest BCUT2D eigenvalue weighted by Gasteiger charge is -2.19. The molecule has 3 nitrogen and oxygen atoms in total. The van der Waals surface area contributed by atoms with Gasteiger partial charge in [-0.25, -0.2) is 4.79 Å². The van der Waals surface area contributed by atoms with Crippen LogP contribution in [-0.2, 0) is 4.74 Å². The van der Waals surface area contributed by atoms with E-state index in [-0.39, 0.29) is 0 Å². The molecule has 0 aliphatic heterocycles. The Kier molecular flexibility index (Phi) is 3.36. The molecule has 0 aromatic carbocycles. The molecule has 1 amide bonds. The summed E-state index contributed by atoms with van der Waals surface area (Å²) >= 11 is 7.66. The molecule has 2 rings (SSSR count). The first-order valence-corrected chi connectivity index (χ1v) is 6.84. The average Bonchev–Trinajstić information content (AvgIpc) is 2.89. The zero-order valence-corrected chi connectivity index (χ0v) is 11.7. The molecule has 1 aliphatic carbocycles. The van der Waals surface area contributed by atoms with Gasteiger partial charge in [-0.1, -0.05) is 11.6 Å². The minimum absolute atomic E-state index is 0.433. The van der Waals surface area contributed by atoms with Crippen LogP contribution in [0, 0.1) is 0 Å². The third-order valence-corrected chi connectivity index (χ3v) is 3.92. The molecular weight excluding hydrogens is 258 g/mol. The van der Waals surface area contributed by atoms with E-state index in [1.54, 1.807) is 17.4 Å². The van der Waals surface area contributed by atoms with E-state index in [1.165, 1.54) is 17.7 Å². The summed E-state index contributed by atoms with van der Waals surface area (Å²) in [7, 11) is 0. The SMILES string of the molecule is CC(C)(C)OC(=O)Nc1cc(Cl)c(C2CC2)s1. The molecule has 0 spiro atoms. The van der Waals surface area contributed by atoms with Crippen LogP contribution in [0.4, 0.5) is 9.80 Å². The number of carbonyl (C=O) groups is 1. The molecule has 0 saturated heterocycles. The highest BCUT2D eigenvalue weighted by Gasteiger charge is 2.28. The summed E-state index contributed by atoms with van der Waals surface area (Å²) in [4.78, 5) is 12.7. The lowest BCUT2D eigenvalue weighted by atomic mass is 10.2. The molecule has 0 unspecified atom stereocenters. The van der Waals surface area contributed by atoms with Crippen LogP contribution in [0.1, 0.15) is 44.4 Å². The van der Waals surface area contributed by atoms with Crippen LogP contribution in [0.25, 0.3) is 0 Å². The molecule has 0 atom stereocenters. The molecule has 1 heterocycles. The number of rotatable bonds is 2. The first-order chi connectivity index (χ1) is 7.85. The van der Waals surface area contributed by atoms with Crippen LogP contribution >= 0.6 is 22.9 Å². The van der Waals surface area contributed by atoms with Crippen molar-refractivity contribution in [3.05, 3.63) is 16.0 Å². The van der Waals surface area contributed by atoms with E-state index in [9.17, 15) is 4.79 Å². The third kappa shape index (κ3) is 3.61. The molecule has 1 saturated carbocycles. The zero-order valence-electron chi connectivity index (χ0n) is 10.2. The Bertz CT molecular complexity index is 432. The van der Waals surface area contributed by atoms with Gasteiger partial charge >= 0.3 is 6.09 Å². The number of carbonyl (C=O) groups excluding carboxylic acids is 1. The number of anilines is 1. The van der Waals surface area contributed by atoms with Crippen molar-refractivity contribution in [1.29, 1.82) is 0 Å². The Balaban J connectivity index is 1.99. The molecule has 1 N–H and O–H groups in total. The molecule has 1 fully saturated rings. The first kappa shape index (κ1) is 12.7. The summed E-state index contributed by atoms with van der Waals surface area (Å²) in [5.41, 5.74) is -0.482. The number of hydrogen-bond acceptors (Lipinski definition) is 3. The smallest absolute Gasteiger partial charge is 0.412 e.